The van der Waals surface area contributed by atoms with Gasteiger partial charge in [-0.05, 0) is 11.6 Å². The molecule has 5 heteroatoms. The van der Waals surface area contributed by atoms with E-state index >= 15 is 0 Å². The number of rotatable bonds is 5. The van der Waals surface area contributed by atoms with Crippen LogP contribution in [0.15, 0.2) is 18.2 Å². The van der Waals surface area contributed by atoms with Gasteiger partial charge in [0.05, 0.1) is 13.7 Å². The molecule has 0 aliphatic heterocycles. The molecule has 4 N–H and O–H groups in total. The van der Waals surface area contributed by atoms with Gasteiger partial charge < -0.3 is 21.1 Å². The summed E-state index contributed by atoms with van der Waals surface area (Å²) in [5, 5.41) is 0. The highest BCUT2D eigenvalue weighted by molar-refractivity contribution is 5.80. The zero-order valence-corrected chi connectivity index (χ0v) is 9.56. The molecule has 0 saturated heterocycles. The highest BCUT2D eigenvalue weighted by Crippen LogP contribution is 2.24. The average Bonchev–Trinajstić information content (AvgIpc) is 2.27. The van der Waals surface area contributed by atoms with E-state index in [1.807, 2.05) is 18.2 Å². The lowest BCUT2D eigenvalue weighted by molar-refractivity contribution is -0.116. The first kappa shape index (κ1) is 12.3. The van der Waals surface area contributed by atoms with Crippen LogP contribution in [-0.2, 0) is 11.3 Å². The Morgan fingerprint density at radius 2 is 2.19 bits per heavy atom. The third kappa shape index (κ3) is 2.87. The fraction of sp³-hybridized carbons (Fsp3) is 0.364. The maximum Gasteiger partial charge on any atom is 0.236 e. The van der Waals surface area contributed by atoms with Crippen LogP contribution >= 0.6 is 0 Å². The van der Waals surface area contributed by atoms with Crippen LogP contribution in [0.25, 0.3) is 0 Å². The number of amides is 1. The summed E-state index contributed by atoms with van der Waals surface area (Å²) in [7, 11) is 3.38. The molecule has 1 aromatic rings. The Labute approximate surface area is 95.0 Å². The molecule has 0 heterocycles. The maximum absolute atomic E-state index is 10.9. The minimum atomic E-state index is -0.381. The molecule has 0 aliphatic rings. The molecule has 1 aromatic carbocycles. The van der Waals surface area contributed by atoms with Crippen LogP contribution in [0.2, 0.25) is 0 Å². The first-order chi connectivity index (χ1) is 7.58. The number of carbonyl (C=O) groups is 1. The van der Waals surface area contributed by atoms with Crippen LogP contribution in [-0.4, -0.2) is 26.6 Å². The van der Waals surface area contributed by atoms with Gasteiger partial charge in [0.1, 0.15) is 5.75 Å². The molecule has 16 heavy (non-hydrogen) atoms. The van der Waals surface area contributed by atoms with E-state index in [1.54, 1.807) is 19.1 Å². The van der Waals surface area contributed by atoms with Crippen molar-refractivity contribution in [3.05, 3.63) is 23.8 Å². The summed E-state index contributed by atoms with van der Waals surface area (Å²) in [5.74, 6) is 0.344. The highest BCUT2D eigenvalue weighted by atomic mass is 16.5. The molecule has 0 spiro atoms. The summed E-state index contributed by atoms with van der Waals surface area (Å²) in [6, 6.07) is 5.56. The Morgan fingerprint density at radius 3 is 2.69 bits per heavy atom. The van der Waals surface area contributed by atoms with E-state index in [-0.39, 0.29) is 12.5 Å². The lowest BCUT2D eigenvalue weighted by Gasteiger charge is -2.21. The SMILES string of the molecule is COc1ccc(CN)c(N(C)CC(N)=O)c1. The van der Waals surface area contributed by atoms with Gasteiger partial charge in [-0.15, -0.1) is 0 Å². The van der Waals surface area contributed by atoms with Gasteiger partial charge in [0.2, 0.25) is 5.91 Å². The number of anilines is 1. The number of ether oxygens (including phenoxy) is 1. The monoisotopic (exact) mass is 223 g/mol. The van der Waals surface area contributed by atoms with Gasteiger partial charge in [0.25, 0.3) is 0 Å². The topological polar surface area (TPSA) is 81.6 Å². The van der Waals surface area contributed by atoms with E-state index in [4.69, 9.17) is 16.2 Å². The van der Waals surface area contributed by atoms with Crippen molar-refractivity contribution >= 4 is 11.6 Å². The molecule has 0 unspecified atom stereocenters. The van der Waals surface area contributed by atoms with Crippen molar-refractivity contribution in [2.24, 2.45) is 11.5 Å². The van der Waals surface area contributed by atoms with Crippen LogP contribution in [0.4, 0.5) is 5.69 Å². The molecule has 0 fully saturated rings. The standard InChI is InChI=1S/C11H17N3O2/c1-14(7-11(13)15)10-5-9(16-2)4-3-8(10)6-12/h3-5H,6-7,12H2,1-2H3,(H2,13,15). The van der Waals surface area contributed by atoms with Crippen LogP contribution in [0, 0.1) is 0 Å². The number of hydrogen-bond donors (Lipinski definition) is 2. The van der Waals surface area contributed by atoms with E-state index in [0.29, 0.717) is 6.54 Å². The summed E-state index contributed by atoms with van der Waals surface area (Å²) >= 11 is 0. The van der Waals surface area contributed by atoms with Crippen molar-refractivity contribution in [2.45, 2.75) is 6.54 Å². The van der Waals surface area contributed by atoms with E-state index in [1.165, 1.54) is 0 Å². The van der Waals surface area contributed by atoms with Gasteiger partial charge in [-0.2, -0.15) is 0 Å². The van der Waals surface area contributed by atoms with Gasteiger partial charge in [0.15, 0.2) is 0 Å². The fourth-order valence-electron chi connectivity index (χ4n) is 1.52. The number of hydrogen-bond acceptors (Lipinski definition) is 4. The second-order valence-electron chi connectivity index (χ2n) is 3.52. The second-order valence-corrected chi connectivity index (χ2v) is 3.52. The normalized spacial score (nSPS) is 9.94. The molecule has 0 radical (unpaired) electrons. The molecule has 0 aromatic heterocycles. The summed E-state index contributed by atoms with van der Waals surface area (Å²) in [6.07, 6.45) is 0. The Hall–Kier alpha value is -1.75. The average molecular weight is 223 g/mol. The van der Waals surface area contributed by atoms with Gasteiger partial charge >= 0.3 is 0 Å². The Morgan fingerprint density at radius 1 is 1.50 bits per heavy atom. The number of carbonyl (C=O) groups excluding carboxylic acids is 1. The predicted molar refractivity (Wildman–Crippen MR) is 63.3 cm³/mol. The van der Waals surface area contributed by atoms with E-state index in [0.717, 1.165) is 17.0 Å². The summed E-state index contributed by atoms with van der Waals surface area (Å²) in [6.45, 7) is 0.558. The molecule has 0 aliphatic carbocycles. The quantitative estimate of drug-likeness (QED) is 0.740. The number of methoxy groups -OCH3 is 1. The molecule has 1 amide bonds. The van der Waals surface area contributed by atoms with Crippen LogP contribution in [0.1, 0.15) is 5.56 Å². The molecule has 0 atom stereocenters. The minimum Gasteiger partial charge on any atom is -0.497 e. The zero-order valence-electron chi connectivity index (χ0n) is 9.56. The first-order valence-electron chi connectivity index (χ1n) is 4.95. The molecule has 88 valence electrons. The fourth-order valence-corrected chi connectivity index (χ4v) is 1.52. The smallest absolute Gasteiger partial charge is 0.236 e. The Kier molecular flexibility index (Phi) is 4.13. The van der Waals surface area contributed by atoms with Crippen molar-refractivity contribution in [3.63, 3.8) is 0 Å². The maximum atomic E-state index is 10.9. The van der Waals surface area contributed by atoms with Crippen LogP contribution in [0.3, 0.4) is 0 Å². The van der Waals surface area contributed by atoms with E-state index in [2.05, 4.69) is 0 Å². The van der Waals surface area contributed by atoms with E-state index < -0.39 is 0 Å². The Bertz CT molecular complexity index is 379. The number of nitrogens with two attached hydrogens (primary N) is 2. The molecule has 0 saturated carbocycles. The van der Waals surface area contributed by atoms with Crippen LogP contribution in [0.5, 0.6) is 5.75 Å². The number of benzene rings is 1. The van der Waals surface area contributed by atoms with Crippen LogP contribution < -0.4 is 21.1 Å². The van der Waals surface area contributed by atoms with Crippen molar-refractivity contribution in [2.75, 3.05) is 25.6 Å². The van der Waals surface area contributed by atoms with Gasteiger partial charge in [-0.25, -0.2) is 0 Å². The lowest BCUT2D eigenvalue weighted by atomic mass is 10.1. The number of nitrogens with zero attached hydrogens (tertiary/aromatic N) is 1. The van der Waals surface area contributed by atoms with E-state index in [9.17, 15) is 4.79 Å². The minimum absolute atomic E-state index is 0.153. The Balaban J connectivity index is 3.02. The zero-order chi connectivity index (χ0) is 12.1. The third-order valence-electron chi connectivity index (χ3n) is 2.32. The molecule has 0 bridgehead atoms. The van der Waals surface area contributed by atoms with Crippen molar-refractivity contribution in [1.82, 2.24) is 0 Å². The highest BCUT2D eigenvalue weighted by Gasteiger charge is 2.09. The van der Waals surface area contributed by atoms with Crippen molar-refractivity contribution in [1.29, 1.82) is 0 Å². The summed E-state index contributed by atoms with van der Waals surface area (Å²) in [4.78, 5) is 12.6. The lowest BCUT2D eigenvalue weighted by Crippen LogP contribution is -2.31. The summed E-state index contributed by atoms with van der Waals surface area (Å²) < 4.78 is 5.13. The van der Waals surface area contributed by atoms with Gasteiger partial charge in [-0.3, -0.25) is 4.79 Å². The molecule has 5 nitrogen and oxygen atoms in total. The van der Waals surface area contributed by atoms with Gasteiger partial charge in [-0.1, -0.05) is 6.07 Å². The predicted octanol–water partition coefficient (Wildman–Crippen LogP) is 0.0754. The number of primary amides is 1. The van der Waals surface area contributed by atoms with Crippen molar-refractivity contribution < 1.29 is 9.53 Å². The molecular weight excluding hydrogens is 206 g/mol. The first-order valence-corrected chi connectivity index (χ1v) is 4.95. The third-order valence-corrected chi connectivity index (χ3v) is 2.32. The van der Waals surface area contributed by atoms with Crippen molar-refractivity contribution in [3.8, 4) is 5.75 Å². The molecular formula is C11H17N3O2. The largest absolute Gasteiger partial charge is 0.497 e. The second kappa shape index (κ2) is 5.37. The molecule has 1 rings (SSSR count). The summed E-state index contributed by atoms with van der Waals surface area (Å²) in [5.41, 5.74) is 12.6. The van der Waals surface area contributed by atoms with Gasteiger partial charge in [0, 0.05) is 25.3 Å². The number of likely N-dealkylation sites (N-methyl/N-ethyl adjacent to an activating group) is 1.